The van der Waals surface area contributed by atoms with Crippen LogP contribution in [0.3, 0.4) is 0 Å². The van der Waals surface area contributed by atoms with Crippen LogP contribution in [0.15, 0.2) is 55.0 Å². The van der Waals surface area contributed by atoms with E-state index < -0.39 is 0 Å². The van der Waals surface area contributed by atoms with Gasteiger partial charge in [0.05, 0.1) is 6.42 Å². The van der Waals surface area contributed by atoms with Crippen molar-refractivity contribution in [1.29, 1.82) is 0 Å². The molecule has 0 aliphatic carbocycles. The molecule has 0 amide bonds. The van der Waals surface area contributed by atoms with Crippen LogP contribution in [-0.4, -0.2) is 10.8 Å². The van der Waals surface area contributed by atoms with Crippen molar-refractivity contribution in [3.8, 4) is 0 Å². The number of hydrogen-bond donors (Lipinski definition) is 1. The Kier molecular flexibility index (Phi) is 4.53. The molecule has 1 aromatic heterocycles. The second-order valence-corrected chi connectivity index (χ2v) is 4.97. The second-order valence-electron chi connectivity index (χ2n) is 4.53. The minimum absolute atomic E-state index is 0.0183. The Morgan fingerprint density at radius 3 is 2.90 bits per heavy atom. The molecule has 1 heterocycles. The lowest BCUT2D eigenvalue weighted by Gasteiger charge is -2.12. The standard InChI is InChI=1S/C16H15ClN2O/c1-11-5-6-14(17)9-15(11)19-12(2)8-16(20)13-4-3-7-18-10-13/h3-7,9-10,19H,2,8H2,1H3. The number of carbonyl (C=O) groups excluding carboxylic acids is 1. The zero-order valence-electron chi connectivity index (χ0n) is 11.2. The number of ketones is 1. The fraction of sp³-hybridized carbons (Fsp3) is 0.125. The zero-order valence-corrected chi connectivity index (χ0v) is 11.9. The number of allylic oxidation sites excluding steroid dienone is 1. The molecule has 4 heteroatoms. The number of rotatable bonds is 5. The molecule has 102 valence electrons. The number of nitrogens with one attached hydrogen (secondary N) is 1. The molecular weight excluding hydrogens is 272 g/mol. The minimum atomic E-state index is -0.0183. The Morgan fingerprint density at radius 1 is 1.40 bits per heavy atom. The normalized spacial score (nSPS) is 10.1. The summed E-state index contributed by atoms with van der Waals surface area (Å²) in [6.45, 7) is 5.86. The predicted octanol–water partition coefficient (Wildman–Crippen LogP) is 4.24. The summed E-state index contributed by atoms with van der Waals surface area (Å²) < 4.78 is 0. The molecule has 0 spiro atoms. The quantitative estimate of drug-likeness (QED) is 0.836. The van der Waals surface area contributed by atoms with E-state index in [1.165, 1.54) is 0 Å². The Balaban J connectivity index is 2.03. The zero-order chi connectivity index (χ0) is 14.5. The molecule has 0 saturated carbocycles. The van der Waals surface area contributed by atoms with Crippen molar-refractivity contribution >= 4 is 23.1 Å². The first kappa shape index (κ1) is 14.3. The molecule has 0 bridgehead atoms. The van der Waals surface area contributed by atoms with Gasteiger partial charge in [0.2, 0.25) is 0 Å². The number of anilines is 1. The van der Waals surface area contributed by atoms with Crippen LogP contribution in [0, 0.1) is 6.92 Å². The number of aromatic nitrogens is 1. The fourth-order valence-electron chi connectivity index (χ4n) is 1.79. The van der Waals surface area contributed by atoms with Crippen molar-refractivity contribution in [3.63, 3.8) is 0 Å². The van der Waals surface area contributed by atoms with Gasteiger partial charge in [-0.3, -0.25) is 9.78 Å². The van der Waals surface area contributed by atoms with Gasteiger partial charge in [0, 0.05) is 34.4 Å². The Morgan fingerprint density at radius 2 is 2.20 bits per heavy atom. The summed E-state index contributed by atoms with van der Waals surface area (Å²) in [5, 5.41) is 3.77. The highest BCUT2D eigenvalue weighted by molar-refractivity contribution is 6.30. The van der Waals surface area contributed by atoms with Gasteiger partial charge in [0.1, 0.15) is 0 Å². The van der Waals surface area contributed by atoms with Gasteiger partial charge in [-0.1, -0.05) is 24.2 Å². The Bertz CT molecular complexity index is 638. The van der Waals surface area contributed by atoms with Crippen LogP contribution in [0.25, 0.3) is 0 Å². The van der Waals surface area contributed by atoms with Gasteiger partial charge >= 0.3 is 0 Å². The Labute approximate surface area is 123 Å². The van der Waals surface area contributed by atoms with Gasteiger partial charge in [-0.05, 0) is 36.8 Å². The molecule has 0 fully saturated rings. The summed E-state index contributed by atoms with van der Waals surface area (Å²) in [6.07, 6.45) is 3.41. The number of benzene rings is 1. The van der Waals surface area contributed by atoms with Crippen LogP contribution in [0.2, 0.25) is 5.02 Å². The number of hydrogen-bond acceptors (Lipinski definition) is 3. The smallest absolute Gasteiger partial charge is 0.170 e. The van der Waals surface area contributed by atoms with E-state index in [1.807, 2.05) is 25.1 Å². The molecule has 3 nitrogen and oxygen atoms in total. The third-order valence-corrected chi connectivity index (χ3v) is 3.10. The average molecular weight is 287 g/mol. The Hall–Kier alpha value is -2.13. The minimum Gasteiger partial charge on any atom is -0.359 e. The summed E-state index contributed by atoms with van der Waals surface area (Å²) in [6, 6.07) is 9.04. The van der Waals surface area contributed by atoms with Crippen LogP contribution < -0.4 is 5.32 Å². The molecule has 0 saturated heterocycles. The molecule has 2 rings (SSSR count). The second kappa shape index (κ2) is 6.35. The van der Waals surface area contributed by atoms with Crippen molar-refractivity contribution in [2.75, 3.05) is 5.32 Å². The molecule has 20 heavy (non-hydrogen) atoms. The maximum Gasteiger partial charge on any atom is 0.170 e. The fourth-order valence-corrected chi connectivity index (χ4v) is 1.96. The number of halogens is 1. The SMILES string of the molecule is C=C(CC(=O)c1cccnc1)Nc1cc(Cl)ccc1C. The number of aryl methyl sites for hydroxylation is 1. The van der Waals surface area contributed by atoms with E-state index in [2.05, 4.69) is 16.9 Å². The third kappa shape index (κ3) is 3.68. The van der Waals surface area contributed by atoms with E-state index in [4.69, 9.17) is 11.6 Å². The number of carbonyl (C=O) groups is 1. The molecule has 0 unspecified atom stereocenters. The lowest BCUT2D eigenvalue weighted by molar-refractivity contribution is 0.0993. The summed E-state index contributed by atoms with van der Waals surface area (Å²) in [7, 11) is 0. The van der Waals surface area contributed by atoms with E-state index in [9.17, 15) is 4.79 Å². The summed E-state index contributed by atoms with van der Waals surface area (Å²) >= 11 is 5.96. The van der Waals surface area contributed by atoms with Crippen molar-refractivity contribution < 1.29 is 4.79 Å². The molecule has 0 radical (unpaired) electrons. The highest BCUT2D eigenvalue weighted by atomic mass is 35.5. The van der Waals surface area contributed by atoms with E-state index in [0.29, 0.717) is 16.3 Å². The van der Waals surface area contributed by atoms with E-state index >= 15 is 0 Å². The first-order valence-electron chi connectivity index (χ1n) is 6.20. The van der Waals surface area contributed by atoms with Gasteiger partial charge in [0.25, 0.3) is 0 Å². The number of pyridine rings is 1. The topological polar surface area (TPSA) is 42.0 Å². The summed E-state index contributed by atoms with van der Waals surface area (Å²) in [5.41, 5.74) is 3.12. The van der Waals surface area contributed by atoms with Crippen LogP contribution in [0.4, 0.5) is 5.69 Å². The van der Waals surface area contributed by atoms with Gasteiger partial charge < -0.3 is 5.32 Å². The van der Waals surface area contributed by atoms with Crippen LogP contribution in [0.5, 0.6) is 0 Å². The van der Waals surface area contributed by atoms with E-state index in [1.54, 1.807) is 24.5 Å². The van der Waals surface area contributed by atoms with E-state index in [-0.39, 0.29) is 12.2 Å². The maximum absolute atomic E-state index is 12.0. The summed E-state index contributed by atoms with van der Waals surface area (Å²) in [5.74, 6) is -0.0183. The molecule has 0 aliphatic heterocycles. The molecule has 2 aromatic rings. The summed E-state index contributed by atoms with van der Waals surface area (Å²) in [4.78, 5) is 16.0. The van der Waals surface area contributed by atoms with Crippen LogP contribution >= 0.6 is 11.6 Å². The predicted molar refractivity (Wildman–Crippen MR) is 82.1 cm³/mol. The lowest BCUT2D eigenvalue weighted by atomic mass is 10.1. The third-order valence-electron chi connectivity index (χ3n) is 2.87. The van der Waals surface area contributed by atoms with Gasteiger partial charge in [-0.25, -0.2) is 0 Å². The monoisotopic (exact) mass is 286 g/mol. The number of nitrogens with zero attached hydrogens (tertiary/aromatic N) is 1. The average Bonchev–Trinajstić information content (AvgIpc) is 2.43. The molecule has 1 N–H and O–H groups in total. The van der Waals surface area contributed by atoms with Gasteiger partial charge in [0.15, 0.2) is 5.78 Å². The van der Waals surface area contributed by atoms with Crippen molar-refractivity contribution in [2.24, 2.45) is 0 Å². The molecule has 0 aliphatic rings. The van der Waals surface area contributed by atoms with Crippen molar-refractivity contribution in [3.05, 3.63) is 71.2 Å². The highest BCUT2D eigenvalue weighted by Gasteiger charge is 2.09. The molecule has 1 aromatic carbocycles. The highest BCUT2D eigenvalue weighted by Crippen LogP contribution is 2.22. The van der Waals surface area contributed by atoms with Crippen LogP contribution in [0.1, 0.15) is 22.3 Å². The maximum atomic E-state index is 12.0. The molecular formula is C16H15ClN2O. The largest absolute Gasteiger partial charge is 0.359 e. The first-order chi connectivity index (χ1) is 9.56. The van der Waals surface area contributed by atoms with E-state index in [0.717, 1.165) is 11.3 Å². The lowest BCUT2D eigenvalue weighted by Crippen LogP contribution is -2.07. The van der Waals surface area contributed by atoms with Crippen LogP contribution in [-0.2, 0) is 0 Å². The first-order valence-corrected chi connectivity index (χ1v) is 6.58. The number of Topliss-reactive ketones (excluding diaryl/α,β-unsaturated/α-hetero) is 1. The van der Waals surface area contributed by atoms with Crippen molar-refractivity contribution in [2.45, 2.75) is 13.3 Å². The van der Waals surface area contributed by atoms with Gasteiger partial charge in [-0.2, -0.15) is 0 Å². The van der Waals surface area contributed by atoms with Crippen molar-refractivity contribution in [1.82, 2.24) is 4.98 Å². The molecule has 0 atom stereocenters. The van der Waals surface area contributed by atoms with Gasteiger partial charge in [-0.15, -0.1) is 0 Å².